The molecule has 3 rings (SSSR count). The minimum absolute atomic E-state index is 0.214. The number of nitrogens with zero attached hydrogens (tertiary/aromatic N) is 3. The Balaban J connectivity index is 1.89. The molecule has 0 aliphatic carbocycles. The molecule has 0 amide bonds. The maximum atomic E-state index is 13.0. The van der Waals surface area contributed by atoms with Gasteiger partial charge in [0.2, 0.25) is 5.95 Å². The lowest BCUT2D eigenvalue weighted by Gasteiger charge is -1.99. The second-order valence-electron chi connectivity index (χ2n) is 4.75. The van der Waals surface area contributed by atoms with E-state index >= 15 is 0 Å². The minimum atomic E-state index is -0.309. The van der Waals surface area contributed by atoms with Crippen molar-refractivity contribution in [1.29, 1.82) is 0 Å². The molecule has 3 aromatic rings. The largest absolute Gasteiger partial charge is 0.368 e. The van der Waals surface area contributed by atoms with Crippen LogP contribution in [0.15, 0.2) is 53.8 Å². The number of aromatic nitrogens is 2. The van der Waals surface area contributed by atoms with Crippen LogP contribution in [0.2, 0.25) is 10.0 Å². The van der Waals surface area contributed by atoms with E-state index < -0.39 is 0 Å². The van der Waals surface area contributed by atoms with Crippen LogP contribution in [-0.2, 0) is 0 Å². The average Bonchev–Trinajstić information content (AvgIpc) is 2.88. The summed E-state index contributed by atoms with van der Waals surface area (Å²) >= 11 is 11.9. The highest BCUT2D eigenvalue weighted by Crippen LogP contribution is 2.21. The lowest BCUT2D eigenvalue weighted by molar-refractivity contribution is 0.628. The Hall–Kier alpha value is -2.37. The number of nitrogen functional groups attached to an aromatic ring is 1. The van der Waals surface area contributed by atoms with E-state index in [-0.39, 0.29) is 11.8 Å². The smallest absolute Gasteiger partial charge is 0.221 e. The molecule has 0 saturated heterocycles. The summed E-state index contributed by atoms with van der Waals surface area (Å²) in [5.41, 5.74) is 7.89. The summed E-state index contributed by atoms with van der Waals surface area (Å²) in [4.78, 5) is 4.21. The van der Waals surface area contributed by atoms with Gasteiger partial charge in [-0.15, -0.1) is 0 Å². The number of hydrogen-bond acceptors (Lipinski definition) is 3. The molecule has 2 N–H and O–H groups in total. The molecule has 116 valence electrons. The summed E-state index contributed by atoms with van der Waals surface area (Å²) in [6.07, 6.45) is 3.22. The quantitative estimate of drug-likeness (QED) is 0.710. The zero-order chi connectivity index (χ0) is 16.4. The number of rotatable bonds is 3. The van der Waals surface area contributed by atoms with E-state index in [0.717, 1.165) is 5.56 Å². The van der Waals surface area contributed by atoms with E-state index in [1.807, 2.05) is 0 Å². The van der Waals surface area contributed by atoms with Crippen molar-refractivity contribution in [2.75, 3.05) is 5.73 Å². The predicted octanol–water partition coefficient (Wildman–Crippen LogP) is 4.46. The predicted molar refractivity (Wildman–Crippen MR) is 91.5 cm³/mol. The topological polar surface area (TPSA) is 56.2 Å². The summed E-state index contributed by atoms with van der Waals surface area (Å²) in [6, 6.07) is 11.1. The fraction of sp³-hybridized carbons (Fsp3) is 0. The Bertz CT molecular complexity index is 872. The standard InChI is InChI=1S/C16H11Cl2FN4/c17-12-4-1-11(14(18)7-12)8-21-23-9-15(22-16(23)20)10-2-5-13(19)6-3-10/h1-9H,(H2,20,22). The lowest BCUT2D eigenvalue weighted by Crippen LogP contribution is -1.97. The third-order valence-electron chi connectivity index (χ3n) is 3.14. The van der Waals surface area contributed by atoms with Crippen LogP contribution in [0.5, 0.6) is 0 Å². The van der Waals surface area contributed by atoms with Crippen LogP contribution in [0, 0.1) is 5.82 Å². The normalized spacial score (nSPS) is 11.3. The van der Waals surface area contributed by atoms with Gasteiger partial charge in [-0.2, -0.15) is 5.10 Å². The Morgan fingerprint density at radius 3 is 2.57 bits per heavy atom. The van der Waals surface area contributed by atoms with Crippen LogP contribution in [-0.4, -0.2) is 15.9 Å². The fourth-order valence-corrected chi connectivity index (χ4v) is 2.43. The van der Waals surface area contributed by atoms with E-state index in [9.17, 15) is 4.39 Å². The van der Waals surface area contributed by atoms with Crippen LogP contribution >= 0.6 is 23.2 Å². The molecule has 0 aliphatic heterocycles. The summed E-state index contributed by atoms with van der Waals surface area (Å²) in [7, 11) is 0. The third kappa shape index (κ3) is 3.52. The van der Waals surface area contributed by atoms with Gasteiger partial charge in [-0.25, -0.2) is 14.1 Å². The molecular weight excluding hydrogens is 338 g/mol. The van der Waals surface area contributed by atoms with Gasteiger partial charge in [0.05, 0.1) is 23.1 Å². The summed E-state index contributed by atoms with van der Waals surface area (Å²) in [5.74, 6) is -0.0952. The van der Waals surface area contributed by atoms with Gasteiger partial charge in [0.25, 0.3) is 0 Å². The molecule has 0 fully saturated rings. The van der Waals surface area contributed by atoms with Crippen molar-refractivity contribution in [2.24, 2.45) is 5.10 Å². The highest BCUT2D eigenvalue weighted by atomic mass is 35.5. The van der Waals surface area contributed by atoms with Crippen molar-refractivity contribution in [2.45, 2.75) is 0 Å². The van der Waals surface area contributed by atoms with Gasteiger partial charge in [-0.05, 0) is 36.4 Å². The highest BCUT2D eigenvalue weighted by Gasteiger charge is 2.07. The number of halogens is 3. The van der Waals surface area contributed by atoms with Gasteiger partial charge in [0.1, 0.15) is 5.82 Å². The molecule has 7 heteroatoms. The first kappa shape index (κ1) is 15.5. The molecule has 0 spiro atoms. The molecule has 0 atom stereocenters. The number of imidazole rings is 1. The first-order chi connectivity index (χ1) is 11.0. The van der Waals surface area contributed by atoms with Crippen LogP contribution in [0.25, 0.3) is 11.3 Å². The van der Waals surface area contributed by atoms with E-state index in [2.05, 4.69) is 10.1 Å². The van der Waals surface area contributed by atoms with Crippen molar-refractivity contribution in [3.63, 3.8) is 0 Å². The minimum Gasteiger partial charge on any atom is -0.368 e. The number of hydrogen-bond donors (Lipinski definition) is 1. The summed E-state index contributed by atoms with van der Waals surface area (Å²) in [6.45, 7) is 0. The molecule has 1 heterocycles. The zero-order valence-corrected chi connectivity index (χ0v) is 13.3. The van der Waals surface area contributed by atoms with Gasteiger partial charge < -0.3 is 5.73 Å². The van der Waals surface area contributed by atoms with Gasteiger partial charge in [-0.1, -0.05) is 29.3 Å². The maximum Gasteiger partial charge on any atom is 0.221 e. The van der Waals surface area contributed by atoms with Crippen molar-refractivity contribution in [1.82, 2.24) is 9.66 Å². The van der Waals surface area contributed by atoms with Crippen molar-refractivity contribution in [3.8, 4) is 11.3 Å². The van der Waals surface area contributed by atoms with Crippen LogP contribution in [0.3, 0.4) is 0 Å². The number of anilines is 1. The lowest BCUT2D eigenvalue weighted by atomic mass is 10.2. The Morgan fingerprint density at radius 1 is 1.13 bits per heavy atom. The second-order valence-corrected chi connectivity index (χ2v) is 5.59. The number of nitrogens with two attached hydrogens (primary N) is 1. The molecule has 2 aromatic carbocycles. The molecule has 0 bridgehead atoms. The van der Waals surface area contributed by atoms with Gasteiger partial charge in [0, 0.05) is 16.1 Å². The van der Waals surface area contributed by atoms with Crippen LogP contribution in [0.1, 0.15) is 5.56 Å². The molecule has 23 heavy (non-hydrogen) atoms. The van der Waals surface area contributed by atoms with Crippen LogP contribution in [0.4, 0.5) is 10.3 Å². The van der Waals surface area contributed by atoms with Crippen molar-refractivity contribution < 1.29 is 4.39 Å². The van der Waals surface area contributed by atoms with Crippen LogP contribution < -0.4 is 5.73 Å². The highest BCUT2D eigenvalue weighted by molar-refractivity contribution is 6.36. The maximum absolute atomic E-state index is 13.0. The van der Waals surface area contributed by atoms with Gasteiger partial charge >= 0.3 is 0 Å². The molecule has 4 nitrogen and oxygen atoms in total. The summed E-state index contributed by atoms with van der Waals surface area (Å²) < 4.78 is 14.4. The van der Waals surface area contributed by atoms with Gasteiger partial charge in [-0.3, -0.25) is 0 Å². The average molecular weight is 349 g/mol. The Labute approximate surface area is 142 Å². The van der Waals surface area contributed by atoms with Gasteiger partial charge in [0.15, 0.2) is 0 Å². The molecule has 0 saturated carbocycles. The van der Waals surface area contributed by atoms with Crippen molar-refractivity contribution in [3.05, 3.63) is 70.1 Å². The molecular formula is C16H11Cl2FN4. The van der Waals surface area contributed by atoms with E-state index in [0.29, 0.717) is 21.3 Å². The first-order valence-electron chi connectivity index (χ1n) is 6.63. The summed E-state index contributed by atoms with van der Waals surface area (Å²) in [5, 5.41) is 5.27. The number of benzene rings is 2. The first-order valence-corrected chi connectivity index (χ1v) is 7.39. The van der Waals surface area contributed by atoms with E-state index in [1.165, 1.54) is 16.8 Å². The fourth-order valence-electron chi connectivity index (χ4n) is 1.97. The third-order valence-corrected chi connectivity index (χ3v) is 3.70. The second kappa shape index (κ2) is 6.40. The molecule has 1 aromatic heterocycles. The van der Waals surface area contributed by atoms with E-state index in [4.69, 9.17) is 28.9 Å². The van der Waals surface area contributed by atoms with Crippen molar-refractivity contribution >= 4 is 35.4 Å². The molecule has 0 radical (unpaired) electrons. The zero-order valence-electron chi connectivity index (χ0n) is 11.7. The monoisotopic (exact) mass is 348 g/mol. The Morgan fingerprint density at radius 2 is 1.87 bits per heavy atom. The molecule has 0 aliphatic rings. The SMILES string of the molecule is Nc1nc(-c2ccc(F)cc2)cn1N=Cc1ccc(Cl)cc1Cl. The van der Waals surface area contributed by atoms with E-state index in [1.54, 1.807) is 42.7 Å². The molecule has 0 unspecified atom stereocenters. The Kier molecular flexibility index (Phi) is 4.32.